The lowest BCUT2D eigenvalue weighted by Crippen LogP contribution is -2.25. The number of sulfonamides is 1. The molecule has 0 aliphatic carbocycles. The summed E-state index contributed by atoms with van der Waals surface area (Å²) in [6.07, 6.45) is 0. The molecule has 2 rings (SSSR count). The number of benzene rings is 2. The summed E-state index contributed by atoms with van der Waals surface area (Å²) in [6.45, 7) is 6.50. The highest BCUT2D eigenvalue weighted by molar-refractivity contribution is 7.89. The molecule has 0 radical (unpaired) electrons. The number of nitrogens with zero attached hydrogens (tertiary/aromatic N) is 1. The molecule has 0 N–H and O–H groups in total. The van der Waals surface area contributed by atoms with E-state index in [1.165, 1.54) is 44.0 Å². The van der Waals surface area contributed by atoms with E-state index in [1.54, 1.807) is 0 Å². The van der Waals surface area contributed by atoms with Gasteiger partial charge in [-0.25, -0.2) is 13.2 Å². The molecule has 0 heterocycles. The van der Waals surface area contributed by atoms with Crippen molar-refractivity contribution in [2.45, 2.75) is 37.7 Å². The molecule has 0 fully saturated rings. The maximum atomic E-state index is 12.3. The van der Waals surface area contributed by atoms with Gasteiger partial charge in [0.05, 0.1) is 17.6 Å². The van der Waals surface area contributed by atoms with Crippen LogP contribution in [0.5, 0.6) is 0 Å². The summed E-state index contributed by atoms with van der Waals surface area (Å²) in [6, 6.07) is 13.5. The highest BCUT2D eigenvalue weighted by Crippen LogP contribution is 2.22. The molecule has 0 aliphatic heterocycles. The Morgan fingerprint density at radius 1 is 1.07 bits per heavy atom. The van der Waals surface area contributed by atoms with E-state index in [9.17, 15) is 13.2 Å². The normalized spacial score (nSPS) is 12.2. The minimum atomic E-state index is -3.83. The third-order valence-corrected chi connectivity index (χ3v) is 5.83. The van der Waals surface area contributed by atoms with Crippen molar-refractivity contribution in [3.8, 4) is 0 Å². The van der Waals surface area contributed by atoms with Crippen LogP contribution in [0.4, 0.5) is 0 Å². The van der Waals surface area contributed by atoms with Crippen molar-refractivity contribution >= 4 is 16.0 Å². The topological polar surface area (TPSA) is 72.9 Å². The minimum absolute atomic E-state index is 0.0455. The van der Waals surface area contributed by atoms with Crippen LogP contribution in [-0.2, 0) is 31.6 Å². The van der Waals surface area contributed by atoms with Gasteiger partial charge >= 0.3 is 5.97 Å². The average Bonchev–Trinajstić information content (AvgIpc) is 2.65. The summed E-state index contributed by atoms with van der Waals surface area (Å²) in [4.78, 5) is 17.0. The van der Waals surface area contributed by atoms with Gasteiger partial charge in [-0.05, 0) is 34.7 Å². The molecular formula is C20H25NO5S. The summed E-state index contributed by atoms with van der Waals surface area (Å²) in [5.41, 5.74) is 2.26. The Morgan fingerprint density at radius 3 is 2.26 bits per heavy atom. The molecule has 0 saturated carbocycles. The van der Waals surface area contributed by atoms with Gasteiger partial charge in [-0.1, -0.05) is 55.6 Å². The minimum Gasteiger partial charge on any atom is -0.457 e. The predicted octanol–water partition coefficient (Wildman–Crippen LogP) is 3.52. The van der Waals surface area contributed by atoms with Crippen molar-refractivity contribution < 1.29 is 22.8 Å². The van der Waals surface area contributed by atoms with Crippen molar-refractivity contribution in [3.63, 3.8) is 0 Å². The summed E-state index contributed by atoms with van der Waals surface area (Å²) in [5, 5.41) is 0. The van der Waals surface area contributed by atoms with E-state index in [0.29, 0.717) is 0 Å². The zero-order chi connectivity index (χ0) is 20.2. The van der Waals surface area contributed by atoms with E-state index < -0.39 is 16.0 Å². The third kappa shape index (κ3) is 5.15. The third-order valence-electron chi connectivity index (χ3n) is 4.15. The van der Waals surface area contributed by atoms with Gasteiger partial charge in [-0.15, -0.1) is 0 Å². The Bertz CT molecular complexity index is 899. The molecule has 0 aromatic heterocycles. The van der Waals surface area contributed by atoms with Crippen LogP contribution in [0.1, 0.15) is 42.3 Å². The second-order valence-electron chi connectivity index (χ2n) is 7.15. The molecule has 0 unspecified atom stereocenters. The van der Waals surface area contributed by atoms with Crippen molar-refractivity contribution in [2.24, 2.45) is 0 Å². The zero-order valence-corrected chi connectivity index (χ0v) is 17.0. The Kier molecular flexibility index (Phi) is 6.41. The maximum absolute atomic E-state index is 12.3. The molecule has 2 aromatic rings. The predicted molar refractivity (Wildman–Crippen MR) is 103 cm³/mol. The molecule has 6 nitrogen and oxygen atoms in total. The molecule has 0 spiro atoms. The quantitative estimate of drug-likeness (QED) is 0.556. The number of ether oxygens (including phenoxy) is 1. The molecule has 2 aromatic carbocycles. The number of hydrogen-bond donors (Lipinski definition) is 0. The molecule has 0 amide bonds. The standard InChI is InChI=1S/C20H25NO5S/c1-20(2,3)17-11-9-15(10-12-17)14-26-19(22)16-7-6-8-18(13-16)27(23,24)21(4)25-5/h6-13H,14H2,1-5H3. The van der Waals surface area contributed by atoms with Gasteiger partial charge in [0.25, 0.3) is 10.0 Å². The van der Waals surface area contributed by atoms with Gasteiger partial charge in [-0.2, -0.15) is 0 Å². The summed E-state index contributed by atoms with van der Waals surface area (Å²) < 4.78 is 30.6. The van der Waals surface area contributed by atoms with Gasteiger partial charge in [0, 0.05) is 7.05 Å². The molecule has 7 heteroatoms. The van der Waals surface area contributed by atoms with Gasteiger partial charge in [0.1, 0.15) is 6.61 Å². The van der Waals surface area contributed by atoms with E-state index in [2.05, 4.69) is 20.8 Å². The van der Waals surface area contributed by atoms with Crippen molar-refractivity contribution in [1.82, 2.24) is 4.47 Å². The van der Waals surface area contributed by atoms with Crippen molar-refractivity contribution in [1.29, 1.82) is 0 Å². The number of esters is 1. The number of hydroxylamine groups is 1. The van der Waals surface area contributed by atoms with Crippen molar-refractivity contribution in [2.75, 3.05) is 14.2 Å². The van der Waals surface area contributed by atoms with Crippen LogP contribution >= 0.6 is 0 Å². The smallest absolute Gasteiger partial charge is 0.338 e. The SMILES string of the molecule is CON(C)S(=O)(=O)c1cccc(C(=O)OCc2ccc(C(C)(C)C)cc2)c1. The van der Waals surface area contributed by atoms with Crippen LogP contribution < -0.4 is 0 Å². The summed E-state index contributed by atoms with van der Waals surface area (Å²) in [7, 11) is -1.30. The monoisotopic (exact) mass is 391 g/mol. The summed E-state index contributed by atoms with van der Waals surface area (Å²) >= 11 is 0. The van der Waals surface area contributed by atoms with Crippen molar-refractivity contribution in [3.05, 3.63) is 65.2 Å². The van der Waals surface area contributed by atoms with Crippen LogP contribution in [-0.4, -0.2) is 33.0 Å². The van der Waals surface area contributed by atoms with Gasteiger partial charge < -0.3 is 4.74 Å². The second-order valence-corrected chi connectivity index (χ2v) is 9.08. The molecule has 0 bridgehead atoms. The van der Waals surface area contributed by atoms with Gasteiger partial charge in [0.15, 0.2) is 0 Å². The van der Waals surface area contributed by atoms with E-state index in [4.69, 9.17) is 9.57 Å². The molecule has 0 aliphatic rings. The Morgan fingerprint density at radius 2 is 1.70 bits per heavy atom. The van der Waals surface area contributed by atoms with E-state index in [1.807, 2.05) is 24.3 Å². The van der Waals surface area contributed by atoms with E-state index in [-0.39, 0.29) is 22.5 Å². The highest BCUT2D eigenvalue weighted by atomic mass is 32.2. The van der Waals surface area contributed by atoms with Gasteiger partial charge in [0.2, 0.25) is 0 Å². The summed E-state index contributed by atoms with van der Waals surface area (Å²) in [5.74, 6) is -0.591. The number of hydrogen-bond acceptors (Lipinski definition) is 5. The molecule has 0 atom stereocenters. The Hall–Kier alpha value is -2.22. The Labute approximate surface area is 160 Å². The number of carbonyl (C=O) groups is 1. The second kappa shape index (κ2) is 8.21. The maximum Gasteiger partial charge on any atom is 0.338 e. The van der Waals surface area contributed by atoms with Crippen LogP contribution in [0.2, 0.25) is 0 Å². The lowest BCUT2D eigenvalue weighted by molar-refractivity contribution is -0.0258. The fourth-order valence-corrected chi connectivity index (χ4v) is 3.38. The fraction of sp³-hybridized carbons (Fsp3) is 0.350. The molecule has 27 heavy (non-hydrogen) atoms. The van der Waals surface area contributed by atoms with E-state index >= 15 is 0 Å². The molecular weight excluding hydrogens is 366 g/mol. The van der Waals surface area contributed by atoms with Gasteiger partial charge in [-0.3, -0.25) is 4.84 Å². The van der Waals surface area contributed by atoms with E-state index in [0.717, 1.165) is 10.0 Å². The average molecular weight is 391 g/mol. The first kappa shape index (κ1) is 21.1. The highest BCUT2D eigenvalue weighted by Gasteiger charge is 2.22. The van der Waals surface area contributed by atoms with Crippen LogP contribution in [0.15, 0.2) is 53.4 Å². The van der Waals surface area contributed by atoms with Crippen LogP contribution in [0.25, 0.3) is 0 Å². The first-order valence-electron chi connectivity index (χ1n) is 8.45. The van der Waals surface area contributed by atoms with Crippen LogP contribution in [0.3, 0.4) is 0 Å². The largest absolute Gasteiger partial charge is 0.457 e. The lowest BCUT2D eigenvalue weighted by Gasteiger charge is -2.19. The number of carbonyl (C=O) groups excluding carboxylic acids is 1. The zero-order valence-electron chi connectivity index (χ0n) is 16.2. The number of rotatable bonds is 6. The molecule has 0 saturated heterocycles. The molecule has 146 valence electrons. The first-order chi connectivity index (χ1) is 12.6. The Balaban J connectivity index is 2.10. The van der Waals surface area contributed by atoms with Crippen LogP contribution in [0, 0.1) is 0 Å². The first-order valence-corrected chi connectivity index (χ1v) is 9.89. The fourth-order valence-electron chi connectivity index (χ4n) is 2.36. The lowest BCUT2D eigenvalue weighted by atomic mass is 9.87.